The van der Waals surface area contributed by atoms with Gasteiger partial charge in [-0.2, -0.15) is 0 Å². The number of Topliss-reactive ketones (excluding diaryl/α,β-unsaturated/α-hetero) is 2. The first-order chi connectivity index (χ1) is 18.9. The maximum Gasteiger partial charge on any atom is 0.262 e. The van der Waals surface area contributed by atoms with Gasteiger partial charge in [0.2, 0.25) is 0 Å². The van der Waals surface area contributed by atoms with E-state index < -0.39 is 5.92 Å². The molecule has 0 radical (unpaired) electrons. The minimum absolute atomic E-state index is 0.0531. The molecule has 0 saturated carbocycles. The Kier molecular flexibility index (Phi) is 7.29. The van der Waals surface area contributed by atoms with Gasteiger partial charge in [0.05, 0.1) is 17.8 Å². The monoisotopic (exact) mass is 562 g/mol. The third-order valence-corrected chi connectivity index (χ3v) is 8.04. The second-order valence-electron chi connectivity index (χ2n) is 12.5. The number of hydrogen-bond acceptors (Lipinski definition) is 6. The molecule has 0 atom stereocenters. The van der Waals surface area contributed by atoms with Gasteiger partial charge in [-0.05, 0) is 53.5 Å². The predicted octanol–water partition coefficient (Wildman–Crippen LogP) is 6.34. The summed E-state index contributed by atoms with van der Waals surface area (Å²) in [5.41, 5.74) is 4.09. The number of hydrogen-bond donors (Lipinski definition) is 2. The number of benzene rings is 2. The van der Waals surface area contributed by atoms with E-state index in [0.29, 0.717) is 46.2 Å². The maximum absolute atomic E-state index is 13.5. The summed E-state index contributed by atoms with van der Waals surface area (Å²) < 4.78 is 11.0. The average molecular weight is 563 g/mol. The van der Waals surface area contributed by atoms with Crippen LogP contribution in [0.15, 0.2) is 65.0 Å². The summed E-state index contributed by atoms with van der Waals surface area (Å²) in [7, 11) is 1.53. The van der Waals surface area contributed by atoms with Crippen LogP contribution < -0.4 is 20.1 Å². The standard InChI is InChI=1S/C32H35ClN2O5/c1-31(2)13-21-29(23(36)15-31)28(30-22(34-21)14-32(3,4)16-24(30)37)18-10-11-25(19(33)12-18)40-17-27(38)35-20-8-6-7-9-26(20)39-5/h6-12,28,34H,13-17H2,1-5H3,(H,35,38). The number of ether oxygens (including phenoxy) is 2. The van der Waals surface area contributed by atoms with Gasteiger partial charge < -0.3 is 20.1 Å². The lowest BCUT2D eigenvalue weighted by Crippen LogP contribution is -2.42. The summed E-state index contributed by atoms with van der Waals surface area (Å²) >= 11 is 6.66. The van der Waals surface area contributed by atoms with E-state index in [-0.39, 0.29) is 34.9 Å². The lowest BCUT2D eigenvalue weighted by atomic mass is 9.64. The quantitative estimate of drug-likeness (QED) is 0.427. The molecule has 1 heterocycles. The number of allylic oxidation sites excluding steroid dienone is 4. The van der Waals surface area contributed by atoms with E-state index in [9.17, 15) is 14.4 Å². The third-order valence-electron chi connectivity index (χ3n) is 7.75. The van der Waals surface area contributed by atoms with Crippen LogP contribution >= 0.6 is 11.6 Å². The summed E-state index contributed by atoms with van der Waals surface area (Å²) in [6.07, 6.45) is 2.30. The average Bonchev–Trinajstić information content (AvgIpc) is 2.85. The van der Waals surface area contributed by atoms with Gasteiger partial charge in [0, 0.05) is 41.3 Å². The van der Waals surface area contributed by atoms with Crippen LogP contribution in [0.1, 0.15) is 64.9 Å². The molecule has 0 unspecified atom stereocenters. The number of methoxy groups -OCH3 is 1. The molecule has 0 aromatic heterocycles. The molecule has 2 aromatic carbocycles. The Morgan fingerprint density at radius 3 is 2.10 bits per heavy atom. The fraction of sp³-hybridized carbons (Fsp3) is 0.406. The van der Waals surface area contributed by atoms with Gasteiger partial charge in [-0.15, -0.1) is 0 Å². The number of ketones is 2. The van der Waals surface area contributed by atoms with Crippen molar-refractivity contribution in [3.05, 3.63) is 75.6 Å². The number of amides is 1. The Morgan fingerprint density at radius 2 is 1.52 bits per heavy atom. The molecule has 1 aliphatic heterocycles. The Morgan fingerprint density at radius 1 is 0.925 bits per heavy atom. The molecular weight excluding hydrogens is 528 g/mol. The van der Waals surface area contributed by atoms with Crippen molar-refractivity contribution in [3.8, 4) is 11.5 Å². The molecular formula is C32H35ClN2O5. The number of rotatable bonds is 6. The molecule has 5 rings (SSSR count). The van der Waals surface area contributed by atoms with E-state index in [0.717, 1.165) is 29.8 Å². The van der Waals surface area contributed by atoms with Crippen molar-refractivity contribution >= 4 is 34.8 Å². The molecule has 0 fully saturated rings. The predicted molar refractivity (Wildman–Crippen MR) is 155 cm³/mol. The highest BCUT2D eigenvalue weighted by molar-refractivity contribution is 6.32. The molecule has 2 aromatic rings. The number of para-hydroxylation sites is 2. The number of nitrogens with one attached hydrogen (secondary N) is 2. The normalized spacial score (nSPS) is 19.9. The fourth-order valence-corrected chi connectivity index (χ4v) is 6.36. The van der Waals surface area contributed by atoms with Gasteiger partial charge >= 0.3 is 0 Å². The first-order valence-corrected chi connectivity index (χ1v) is 13.9. The summed E-state index contributed by atoms with van der Waals surface area (Å²) in [5, 5.41) is 6.60. The van der Waals surface area contributed by atoms with Crippen molar-refractivity contribution < 1.29 is 23.9 Å². The van der Waals surface area contributed by atoms with Gasteiger partial charge in [-0.1, -0.05) is 57.5 Å². The fourth-order valence-electron chi connectivity index (χ4n) is 6.11. The number of dihydropyridines is 1. The van der Waals surface area contributed by atoms with Gasteiger partial charge in [0.15, 0.2) is 18.2 Å². The summed E-state index contributed by atoms with van der Waals surface area (Å²) in [5.74, 6) is 0.140. The lowest BCUT2D eigenvalue weighted by Gasteiger charge is -2.44. The van der Waals surface area contributed by atoms with Crippen LogP contribution in [-0.2, 0) is 14.4 Å². The molecule has 210 valence electrons. The van der Waals surface area contributed by atoms with E-state index in [1.165, 1.54) is 7.11 Å². The van der Waals surface area contributed by atoms with Crippen molar-refractivity contribution in [2.45, 2.75) is 59.3 Å². The molecule has 0 saturated heterocycles. The highest BCUT2D eigenvalue weighted by Crippen LogP contribution is 2.51. The largest absolute Gasteiger partial charge is 0.495 e. The molecule has 7 nitrogen and oxygen atoms in total. The highest BCUT2D eigenvalue weighted by Gasteiger charge is 2.46. The second-order valence-corrected chi connectivity index (χ2v) is 12.9. The van der Waals surface area contributed by atoms with Gasteiger partial charge in [-0.25, -0.2) is 0 Å². The molecule has 2 N–H and O–H groups in total. The maximum atomic E-state index is 13.5. The molecule has 8 heteroatoms. The lowest BCUT2D eigenvalue weighted by molar-refractivity contribution is -0.119. The zero-order valence-electron chi connectivity index (χ0n) is 23.6. The van der Waals surface area contributed by atoms with Crippen LogP contribution in [0.25, 0.3) is 0 Å². The molecule has 40 heavy (non-hydrogen) atoms. The van der Waals surface area contributed by atoms with Crippen LogP contribution in [0, 0.1) is 10.8 Å². The van der Waals surface area contributed by atoms with Crippen molar-refractivity contribution in [3.63, 3.8) is 0 Å². The molecule has 3 aliphatic rings. The van der Waals surface area contributed by atoms with Crippen LogP contribution in [0.3, 0.4) is 0 Å². The molecule has 1 amide bonds. The summed E-state index contributed by atoms with van der Waals surface area (Å²) in [6.45, 7) is 8.13. The Labute approximate surface area is 240 Å². The van der Waals surface area contributed by atoms with Crippen LogP contribution in [-0.4, -0.2) is 31.2 Å². The summed E-state index contributed by atoms with van der Waals surface area (Å²) in [6, 6.07) is 12.4. The smallest absolute Gasteiger partial charge is 0.262 e. The third kappa shape index (κ3) is 5.52. The van der Waals surface area contributed by atoms with E-state index >= 15 is 0 Å². The Hall–Kier alpha value is -3.58. The zero-order valence-corrected chi connectivity index (χ0v) is 24.3. The highest BCUT2D eigenvalue weighted by atomic mass is 35.5. The van der Waals surface area contributed by atoms with Crippen molar-refractivity contribution in [1.29, 1.82) is 0 Å². The number of carbonyl (C=O) groups excluding carboxylic acids is 3. The minimum atomic E-state index is -0.487. The number of halogens is 1. The zero-order chi connectivity index (χ0) is 28.8. The first-order valence-electron chi connectivity index (χ1n) is 13.5. The van der Waals surface area contributed by atoms with Crippen LogP contribution in [0.5, 0.6) is 11.5 Å². The van der Waals surface area contributed by atoms with Crippen LogP contribution in [0.4, 0.5) is 5.69 Å². The van der Waals surface area contributed by atoms with E-state index in [1.54, 1.807) is 30.3 Å². The number of carbonyl (C=O) groups is 3. The molecule has 2 aliphatic carbocycles. The van der Waals surface area contributed by atoms with Crippen molar-refractivity contribution in [1.82, 2.24) is 5.32 Å². The summed E-state index contributed by atoms with van der Waals surface area (Å²) in [4.78, 5) is 39.6. The second kappa shape index (κ2) is 10.4. The van der Waals surface area contributed by atoms with Gasteiger partial charge in [-0.3, -0.25) is 14.4 Å². The first kappa shape index (κ1) is 28.0. The van der Waals surface area contributed by atoms with E-state index in [2.05, 4.69) is 38.3 Å². The van der Waals surface area contributed by atoms with E-state index in [1.807, 2.05) is 12.1 Å². The van der Waals surface area contributed by atoms with Crippen LogP contribution in [0.2, 0.25) is 5.02 Å². The SMILES string of the molecule is COc1ccccc1NC(=O)COc1ccc(C2C3=C(CC(C)(C)CC3=O)NC3=C2C(=O)CC(C)(C)C3)cc1Cl. The van der Waals surface area contributed by atoms with E-state index in [4.69, 9.17) is 21.1 Å². The van der Waals surface area contributed by atoms with Crippen molar-refractivity contribution in [2.75, 3.05) is 19.0 Å². The van der Waals surface area contributed by atoms with Gasteiger partial charge in [0.1, 0.15) is 11.5 Å². The molecule has 0 bridgehead atoms. The topological polar surface area (TPSA) is 93.7 Å². The van der Waals surface area contributed by atoms with Crippen molar-refractivity contribution in [2.24, 2.45) is 10.8 Å². The Bertz CT molecular complexity index is 1420. The van der Waals surface area contributed by atoms with Gasteiger partial charge in [0.25, 0.3) is 5.91 Å². The minimum Gasteiger partial charge on any atom is -0.495 e. The molecule has 0 spiro atoms. The Balaban J connectivity index is 1.43. The number of anilines is 1.